The number of rotatable bonds is 5. The maximum atomic E-state index is 12.7. The average molecular weight is 454 g/mol. The van der Waals surface area contributed by atoms with Crippen molar-refractivity contribution < 1.29 is 22.7 Å². The number of amides is 1. The first kappa shape index (κ1) is 22.1. The molecule has 0 fully saturated rings. The molecule has 2 heterocycles. The summed E-state index contributed by atoms with van der Waals surface area (Å²) in [7, 11) is 0. The van der Waals surface area contributed by atoms with E-state index in [-0.39, 0.29) is 16.3 Å². The lowest BCUT2D eigenvalue weighted by molar-refractivity contribution is -0.274. The third kappa shape index (κ3) is 4.95. The Kier molecular flexibility index (Phi) is 5.90. The molecule has 1 aromatic carbocycles. The number of aromatic nitrogens is 2. The van der Waals surface area contributed by atoms with Gasteiger partial charge in [0.1, 0.15) is 30.2 Å². The molecule has 0 radical (unpaired) electrons. The van der Waals surface area contributed by atoms with Crippen LogP contribution in [-0.4, -0.2) is 40.3 Å². The molecule has 0 spiro atoms. The number of hydrogen-bond donors (Lipinski definition) is 2. The Morgan fingerprint density at radius 2 is 2.10 bits per heavy atom. The van der Waals surface area contributed by atoms with Crippen molar-refractivity contribution in [1.82, 2.24) is 20.6 Å². The van der Waals surface area contributed by atoms with Gasteiger partial charge in [0.25, 0.3) is 5.91 Å². The molecule has 13 heteroatoms. The van der Waals surface area contributed by atoms with Gasteiger partial charge in [-0.15, -0.1) is 13.2 Å². The quantitative estimate of drug-likeness (QED) is 0.715. The number of carbonyl (C=O) groups is 1. The maximum Gasteiger partial charge on any atom is 0.573 e. The molecule has 31 heavy (non-hydrogen) atoms. The van der Waals surface area contributed by atoms with E-state index < -0.39 is 29.7 Å². The Labute approximate surface area is 179 Å². The normalized spacial score (nSPS) is 18.8. The van der Waals surface area contributed by atoms with Gasteiger partial charge in [0.2, 0.25) is 0 Å². The van der Waals surface area contributed by atoms with Crippen LogP contribution < -0.4 is 20.4 Å². The molecule has 1 aromatic heterocycles. The molecule has 1 aliphatic heterocycles. The maximum absolute atomic E-state index is 12.7. The fourth-order valence-electron chi connectivity index (χ4n) is 2.83. The van der Waals surface area contributed by atoms with Crippen molar-refractivity contribution in [2.24, 2.45) is 5.10 Å². The van der Waals surface area contributed by atoms with Crippen LogP contribution in [0.3, 0.4) is 0 Å². The summed E-state index contributed by atoms with van der Waals surface area (Å²) in [4.78, 5) is 20.6. The lowest BCUT2D eigenvalue weighted by Crippen LogP contribution is -2.63. The molecule has 0 saturated carbocycles. The number of nitriles is 1. The van der Waals surface area contributed by atoms with E-state index in [0.29, 0.717) is 5.82 Å². The summed E-state index contributed by atoms with van der Waals surface area (Å²) >= 11 is 5.84. The molecular formula is C18H15ClF3N7O2. The van der Waals surface area contributed by atoms with Crippen molar-refractivity contribution in [1.29, 1.82) is 5.26 Å². The zero-order valence-electron chi connectivity index (χ0n) is 16.1. The van der Waals surface area contributed by atoms with E-state index >= 15 is 0 Å². The highest BCUT2D eigenvalue weighted by molar-refractivity contribution is 6.31. The van der Waals surface area contributed by atoms with Crippen LogP contribution in [0.5, 0.6) is 5.75 Å². The van der Waals surface area contributed by atoms with Gasteiger partial charge in [-0.2, -0.15) is 10.4 Å². The fourth-order valence-corrected chi connectivity index (χ4v) is 3.06. The molecular weight excluding hydrogens is 439 g/mol. The van der Waals surface area contributed by atoms with Gasteiger partial charge in [0.15, 0.2) is 11.5 Å². The molecule has 2 aromatic rings. The third-order valence-electron chi connectivity index (χ3n) is 4.51. The van der Waals surface area contributed by atoms with Gasteiger partial charge in [-0.3, -0.25) is 4.79 Å². The minimum atomic E-state index is -4.93. The molecule has 0 saturated heterocycles. The Balaban J connectivity index is 1.81. The SMILES string of the molecule is C[C@H](NC(=O)c1cc(Cl)cc(OC(F)(F)F)c1)C1(C)NC=NN1c1cc(C#N)ncn1. The number of ether oxygens (including phenoxy) is 1. The van der Waals surface area contributed by atoms with Gasteiger partial charge in [-0.1, -0.05) is 11.6 Å². The van der Waals surface area contributed by atoms with E-state index in [1.807, 2.05) is 6.07 Å². The standard InChI is InChI=1S/C18H15ClF3N7O2/c1-10(17(2)26-9-27-29(17)15-6-13(7-23)24-8-25-15)28-16(30)11-3-12(19)5-14(4-11)31-18(20,21)22/h3-6,8-10H,1-2H3,(H,26,27)(H,28,30)/t10-,17?/m0/s1. The number of hydrazone groups is 1. The second-order valence-electron chi connectivity index (χ2n) is 6.64. The molecule has 2 atom stereocenters. The monoisotopic (exact) mass is 453 g/mol. The molecule has 2 N–H and O–H groups in total. The van der Waals surface area contributed by atoms with Crippen molar-refractivity contribution in [3.63, 3.8) is 0 Å². The lowest BCUT2D eigenvalue weighted by Gasteiger charge is -2.38. The topological polar surface area (TPSA) is 116 Å². The minimum absolute atomic E-state index is 0.0975. The summed E-state index contributed by atoms with van der Waals surface area (Å²) < 4.78 is 41.4. The second kappa shape index (κ2) is 8.27. The summed E-state index contributed by atoms with van der Waals surface area (Å²) in [5.41, 5.74) is -1.01. The van der Waals surface area contributed by atoms with E-state index in [1.54, 1.807) is 13.8 Å². The van der Waals surface area contributed by atoms with Gasteiger partial charge in [0.05, 0.1) is 6.04 Å². The van der Waals surface area contributed by atoms with Gasteiger partial charge < -0.3 is 15.4 Å². The van der Waals surface area contributed by atoms with Gasteiger partial charge >= 0.3 is 6.36 Å². The van der Waals surface area contributed by atoms with Crippen LogP contribution in [0.25, 0.3) is 0 Å². The number of anilines is 1. The van der Waals surface area contributed by atoms with Crippen LogP contribution in [-0.2, 0) is 0 Å². The Morgan fingerprint density at radius 1 is 1.35 bits per heavy atom. The van der Waals surface area contributed by atoms with Gasteiger partial charge in [-0.25, -0.2) is 15.0 Å². The summed E-state index contributed by atoms with van der Waals surface area (Å²) in [6, 6.07) is 5.79. The van der Waals surface area contributed by atoms with E-state index in [2.05, 4.69) is 30.4 Å². The van der Waals surface area contributed by atoms with Crippen LogP contribution in [0.2, 0.25) is 5.02 Å². The van der Waals surface area contributed by atoms with Gasteiger partial charge in [-0.05, 0) is 32.0 Å². The number of alkyl halides is 3. The first-order chi connectivity index (χ1) is 14.5. The highest BCUT2D eigenvalue weighted by atomic mass is 35.5. The number of hydrogen-bond acceptors (Lipinski definition) is 8. The summed E-state index contributed by atoms with van der Waals surface area (Å²) in [6.45, 7) is 3.38. The van der Waals surface area contributed by atoms with Crippen LogP contribution in [0, 0.1) is 11.3 Å². The van der Waals surface area contributed by atoms with E-state index in [1.165, 1.54) is 29.8 Å². The predicted octanol–water partition coefficient (Wildman–Crippen LogP) is 2.79. The van der Waals surface area contributed by atoms with Gasteiger partial charge in [0, 0.05) is 16.7 Å². The highest BCUT2D eigenvalue weighted by Gasteiger charge is 2.42. The van der Waals surface area contributed by atoms with Crippen LogP contribution in [0.4, 0.5) is 19.0 Å². The lowest BCUT2D eigenvalue weighted by atomic mass is 10.0. The summed E-state index contributed by atoms with van der Waals surface area (Å²) in [5.74, 6) is -0.990. The van der Waals surface area contributed by atoms with Crippen LogP contribution in [0.15, 0.2) is 35.7 Å². The number of halogens is 4. The van der Waals surface area contributed by atoms with Crippen molar-refractivity contribution in [2.75, 3.05) is 5.01 Å². The Hall–Kier alpha value is -3.59. The molecule has 1 unspecified atom stereocenters. The first-order valence-corrected chi connectivity index (χ1v) is 9.09. The Bertz CT molecular complexity index is 1070. The fraction of sp³-hybridized carbons (Fsp3) is 0.278. The molecule has 3 rings (SSSR count). The number of carbonyl (C=O) groups excluding carboxylic acids is 1. The van der Waals surface area contributed by atoms with Crippen molar-refractivity contribution in [3.8, 4) is 11.8 Å². The number of nitrogens with one attached hydrogen (secondary N) is 2. The zero-order valence-corrected chi connectivity index (χ0v) is 16.9. The molecule has 0 aliphatic carbocycles. The smallest absolute Gasteiger partial charge is 0.406 e. The number of nitrogens with zero attached hydrogens (tertiary/aromatic N) is 5. The van der Waals surface area contributed by atoms with E-state index in [4.69, 9.17) is 16.9 Å². The number of benzene rings is 1. The molecule has 9 nitrogen and oxygen atoms in total. The third-order valence-corrected chi connectivity index (χ3v) is 4.73. The van der Waals surface area contributed by atoms with E-state index in [9.17, 15) is 18.0 Å². The Morgan fingerprint density at radius 3 is 2.77 bits per heavy atom. The largest absolute Gasteiger partial charge is 0.573 e. The molecule has 0 bridgehead atoms. The van der Waals surface area contributed by atoms with Crippen molar-refractivity contribution in [2.45, 2.75) is 31.9 Å². The first-order valence-electron chi connectivity index (χ1n) is 8.71. The predicted molar refractivity (Wildman–Crippen MR) is 104 cm³/mol. The summed E-state index contributed by atoms with van der Waals surface area (Å²) in [5, 5.41) is 20.3. The summed E-state index contributed by atoms with van der Waals surface area (Å²) in [6.07, 6.45) is -2.32. The zero-order chi connectivity index (χ0) is 22.8. The molecule has 162 valence electrons. The van der Waals surface area contributed by atoms with Crippen molar-refractivity contribution in [3.05, 3.63) is 46.9 Å². The van der Waals surface area contributed by atoms with E-state index in [0.717, 1.165) is 12.1 Å². The molecule has 1 aliphatic rings. The molecule has 1 amide bonds. The van der Waals surface area contributed by atoms with Crippen LogP contribution in [0.1, 0.15) is 29.9 Å². The average Bonchev–Trinajstić information content (AvgIpc) is 3.09. The second-order valence-corrected chi connectivity index (χ2v) is 7.08. The van der Waals surface area contributed by atoms with Crippen LogP contribution >= 0.6 is 11.6 Å². The highest BCUT2D eigenvalue weighted by Crippen LogP contribution is 2.29. The minimum Gasteiger partial charge on any atom is -0.406 e. The van der Waals surface area contributed by atoms with Crippen molar-refractivity contribution >= 4 is 29.7 Å².